The van der Waals surface area contributed by atoms with Crippen LogP contribution in [0.25, 0.3) is 5.69 Å². The van der Waals surface area contributed by atoms with E-state index in [0.717, 1.165) is 18.5 Å². The zero-order valence-corrected chi connectivity index (χ0v) is 14.2. The number of aryl methyl sites for hydroxylation is 1. The van der Waals surface area contributed by atoms with E-state index in [1.165, 1.54) is 4.68 Å². The Bertz CT molecular complexity index is 769. The average molecular weight is 348 g/mol. The molecule has 1 atom stereocenters. The smallest absolute Gasteiger partial charge is 0.344 e. The van der Waals surface area contributed by atoms with Gasteiger partial charge in [-0.05, 0) is 38.8 Å². The zero-order valence-electron chi connectivity index (χ0n) is 13.5. The molecule has 1 aromatic heterocycles. The second-order valence-corrected chi connectivity index (χ2v) is 6.19. The fraction of sp³-hybridized carbons (Fsp3) is 0.353. The number of hydrogen-bond donors (Lipinski definition) is 1. The third-order valence-electron chi connectivity index (χ3n) is 3.79. The Labute approximate surface area is 144 Å². The molecule has 1 saturated carbocycles. The number of esters is 1. The molecule has 0 bridgehead atoms. The molecule has 2 aromatic rings. The van der Waals surface area contributed by atoms with E-state index in [1.54, 1.807) is 13.8 Å². The van der Waals surface area contributed by atoms with Crippen LogP contribution in [0.5, 0.6) is 0 Å². The minimum absolute atomic E-state index is 0.165. The lowest BCUT2D eigenvalue weighted by Gasteiger charge is -2.13. The largest absolute Gasteiger partial charge is 0.449 e. The van der Waals surface area contributed by atoms with Gasteiger partial charge in [0.1, 0.15) is 10.7 Å². The van der Waals surface area contributed by atoms with Crippen molar-refractivity contribution < 1.29 is 14.3 Å². The lowest BCUT2D eigenvalue weighted by Crippen LogP contribution is -2.37. The van der Waals surface area contributed by atoms with Crippen molar-refractivity contribution in [1.82, 2.24) is 15.1 Å². The third kappa shape index (κ3) is 3.43. The lowest BCUT2D eigenvalue weighted by molar-refractivity contribution is -0.129. The first kappa shape index (κ1) is 16.5. The monoisotopic (exact) mass is 347 g/mol. The highest BCUT2D eigenvalue weighted by atomic mass is 35.5. The number of amides is 1. The number of rotatable bonds is 5. The summed E-state index contributed by atoms with van der Waals surface area (Å²) in [5, 5.41) is 7.26. The Balaban J connectivity index is 1.77. The highest BCUT2D eigenvalue weighted by Crippen LogP contribution is 2.25. The van der Waals surface area contributed by atoms with Gasteiger partial charge in [-0.25, -0.2) is 9.48 Å². The van der Waals surface area contributed by atoms with Crippen LogP contribution in [0, 0.1) is 6.92 Å². The summed E-state index contributed by atoms with van der Waals surface area (Å²) in [7, 11) is 0. The predicted octanol–water partition coefficient (Wildman–Crippen LogP) is 2.66. The summed E-state index contributed by atoms with van der Waals surface area (Å²) in [5.74, 6) is -0.951. The number of benzene rings is 1. The Morgan fingerprint density at radius 1 is 1.33 bits per heavy atom. The molecular weight excluding hydrogens is 330 g/mol. The van der Waals surface area contributed by atoms with E-state index in [-0.39, 0.29) is 22.7 Å². The SMILES string of the molecule is Cc1nn(-c2ccccc2)c(Cl)c1C(=O)O[C@H](C)C(=O)NC1CC1. The minimum Gasteiger partial charge on any atom is -0.449 e. The summed E-state index contributed by atoms with van der Waals surface area (Å²) in [6.07, 6.45) is 1.07. The normalized spacial score (nSPS) is 15.0. The van der Waals surface area contributed by atoms with Gasteiger partial charge in [-0.2, -0.15) is 5.10 Å². The molecule has 1 aliphatic rings. The van der Waals surface area contributed by atoms with Crippen LogP contribution < -0.4 is 5.32 Å². The summed E-state index contributed by atoms with van der Waals surface area (Å²) < 4.78 is 6.72. The molecule has 6 nitrogen and oxygen atoms in total. The number of nitrogens with one attached hydrogen (secondary N) is 1. The van der Waals surface area contributed by atoms with Gasteiger partial charge in [0, 0.05) is 6.04 Å². The number of carbonyl (C=O) groups is 2. The van der Waals surface area contributed by atoms with E-state index in [1.807, 2.05) is 30.3 Å². The van der Waals surface area contributed by atoms with Gasteiger partial charge < -0.3 is 10.1 Å². The Morgan fingerprint density at radius 2 is 2.00 bits per heavy atom. The molecule has 0 aliphatic heterocycles. The van der Waals surface area contributed by atoms with Crippen molar-refractivity contribution in [3.05, 3.63) is 46.7 Å². The molecule has 3 rings (SSSR count). The number of aromatic nitrogens is 2. The quantitative estimate of drug-likeness (QED) is 0.844. The predicted molar refractivity (Wildman–Crippen MR) is 89.4 cm³/mol. The molecule has 7 heteroatoms. The van der Waals surface area contributed by atoms with E-state index >= 15 is 0 Å². The van der Waals surface area contributed by atoms with Crippen molar-refractivity contribution in [1.29, 1.82) is 0 Å². The highest BCUT2D eigenvalue weighted by Gasteiger charge is 2.29. The molecular formula is C17H18ClN3O3. The lowest BCUT2D eigenvalue weighted by atomic mass is 10.2. The van der Waals surface area contributed by atoms with E-state index in [2.05, 4.69) is 10.4 Å². The van der Waals surface area contributed by atoms with Gasteiger partial charge in [-0.1, -0.05) is 29.8 Å². The van der Waals surface area contributed by atoms with Crippen LogP contribution in [-0.4, -0.2) is 33.8 Å². The zero-order chi connectivity index (χ0) is 17.3. The van der Waals surface area contributed by atoms with E-state index < -0.39 is 12.1 Å². The maximum atomic E-state index is 12.4. The van der Waals surface area contributed by atoms with Crippen molar-refractivity contribution in [2.24, 2.45) is 0 Å². The molecule has 0 radical (unpaired) electrons. The van der Waals surface area contributed by atoms with Crippen LogP contribution in [0.1, 0.15) is 35.8 Å². The molecule has 1 heterocycles. The number of hydrogen-bond acceptors (Lipinski definition) is 4. The molecule has 0 saturated heterocycles. The summed E-state index contributed by atoms with van der Waals surface area (Å²) in [5.41, 5.74) is 1.36. The van der Waals surface area contributed by atoms with Gasteiger partial charge >= 0.3 is 5.97 Å². The maximum absolute atomic E-state index is 12.4. The number of para-hydroxylation sites is 1. The number of halogens is 1. The molecule has 24 heavy (non-hydrogen) atoms. The van der Waals surface area contributed by atoms with Crippen LogP contribution in [0.15, 0.2) is 30.3 Å². The van der Waals surface area contributed by atoms with E-state index in [4.69, 9.17) is 16.3 Å². The summed E-state index contributed by atoms with van der Waals surface area (Å²) in [4.78, 5) is 24.3. The molecule has 0 unspecified atom stereocenters. The second-order valence-electron chi connectivity index (χ2n) is 5.83. The van der Waals surface area contributed by atoms with E-state index in [9.17, 15) is 9.59 Å². The van der Waals surface area contributed by atoms with Gasteiger partial charge in [-0.15, -0.1) is 0 Å². The molecule has 1 fully saturated rings. The standard InChI is InChI=1S/C17H18ClN3O3/c1-10-14(15(18)21(20-10)13-6-4-3-5-7-13)17(23)24-11(2)16(22)19-12-8-9-12/h3-7,11-12H,8-9H2,1-2H3,(H,19,22)/t11-/m1/s1. The van der Waals surface area contributed by atoms with Crippen molar-refractivity contribution in [3.63, 3.8) is 0 Å². The van der Waals surface area contributed by atoms with Crippen molar-refractivity contribution in [2.75, 3.05) is 0 Å². The highest BCUT2D eigenvalue weighted by molar-refractivity contribution is 6.33. The molecule has 126 valence electrons. The van der Waals surface area contributed by atoms with Gasteiger partial charge in [0.2, 0.25) is 0 Å². The van der Waals surface area contributed by atoms with Crippen LogP contribution >= 0.6 is 11.6 Å². The van der Waals surface area contributed by atoms with Crippen LogP contribution in [0.2, 0.25) is 5.15 Å². The van der Waals surface area contributed by atoms with Crippen molar-refractivity contribution >= 4 is 23.5 Å². The van der Waals surface area contributed by atoms with E-state index in [0.29, 0.717) is 5.69 Å². The maximum Gasteiger partial charge on any atom is 0.344 e. The average Bonchev–Trinajstić information content (AvgIpc) is 3.31. The summed E-state index contributed by atoms with van der Waals surface area (Å²) in [6.45, 7) is 3.22. The second kappa shape index (κ2) is 6.65. The Kier molecular flexibility index (Phi) is 4.57. The van der Waals surface area contributed by atoms with Gasteiger partial charge in [-0.3, -0.25) is 4.79 Å². The van der Waals surface area contributed by atoms with Gasteiger partial charge in [0.05, 0.1) is 11.4 Å². The van der Waals surface area contributed by atoms with Crippen molar-refractivity contribution in [3.8, 4) is 5.69 Å². The van der Waals surface area contributed by atoms with Crippen LogP contribution in [0.4, 0.5) is 0 Å². The minimum atomic E-state index is -0.881. The molecule has 1 N–H and O–H groups in total. The van der Waals surface area contributed by atoms with Crippen molar-refractivity contribution in [2.45, 2.75) is 38.8 Å². The summed E-state index contributed by atoms with van der Waals surface area (Å²) >= 11 is 6.32. The van der Waals surface area contributed by atoms with Crippen LogP contribution in [0.3, 0.4) is 0 Å². The first-order valence-electron chi connectivity index (χ1n) is 7.79. The third-order valence-corrected chi connectivity index (χ3v) is 4.13. The fourth-order valence-corrected chi connectivity index (χ4v) is 2.64. The molecule has 1 aromatic carbocycles. The topological polar surface area (TPSA) is 73.2 Å². The fourth-order valence-electron chi connectivity index (χ4n) is 2.29. The molecule has 1 amide bonds. The number of ether oxygens (including phenoxy) is 1. The Hall–Kier alpha value is -2.34. The van der Waals surface area contributed by atoms with Crippen LogP contribution in [-0.2, 0) is 9.53 Å². The Morgan fingerprint density at radius 3 is 2.62 bits per heavy atom. The summed E-state index contributed by atoms with van der Waals surface area (Å²) in [6, 6.07) is 9.46. The molecule has 0 spiro atoms. The van der Waals surface area contributed by atoms with Gasteiger partial charge in [0.25, 0.3) is 5.91 Å². The molecule has 1 aliphatic carbocycles. The first-order valence-corrected chi connectivity index (χ1v) is 8.17. The first-order chi connectivity index (χ1) is 11.5. The number of carbonyl (C=O) groups excluding carboxylic acids is 2. The number of nitrogens with zero attached hydrogens (tertiary/aromatic N) is 2. The van der Waals surface area contributed by atoms with Gasteiger partial charge in [0.15, 0.2) is 6.10 Å².